The molecule has 0 saturated heterocycles. The second-order valence-corrected chi connectivity index (χ2v) is 5.41. The van der Waals surface area contributed by atoms with Crippen molar-refractivity contribution in [1.29, 1.82) is 0 Å². The lowest BCUT2D eigenvalue weighted by Crippen LogP contribution is -2.14. The van der Waals surface area contributed by atoms with Gasteiger partial charge in [0, 0.05) is 11.7 Å². The predicted octanol–water partition coefficient (Wildman–Crippen LogP) is 4.03. The van der Waals surface area contributed by atoms with Crippen LogP contribution < -0.4 is 0 Å². The minimum Gasteiger partial charge on any atom is -0.287 e. The molecule has 16 heavy (non-hydrogen) atoms. The Morgan fingerprint density at radius 2 is 1.81 bits per heavy atom. The van der Waals surface area contributed by atoms with E-state index >= 15 is 0 Å². The van der Waals surface area contributed by atoms with E-state index in [0.717, 1.165) is 18.6 Å². The van der Waals surface area contributed by atoms with E-state index in [4.69, 9.17) is 0 Å². The number of hydrogen-bond acceptors (Lipinski definition) is 2. The van der Waals surface area contributed by atoms with Crippen LogP contribution in [-0.2, 0) is 10.5 Å². The highest BCUT2D eigenvalue weighted by Crippen LogP contribution is 2.29. The van der Waals surface area contributed by atoms with Gasteiger partial charge in [-0.25, -0.2) is 0 Å². The molecule has 0 spiro atoms. The van der Waals surface area contributed by atoms with Gasteiger partial charge >= 0.3 is 0 Å². The van der Waals surface area contributed by atoms with Crippen molar-refractivity contribution in [3.63, 3.8) is 0 Å². The van der Waals surface area contributed by atoms with Gasteiger partial charge in [-0.3, -0.25) is 4.79 Å². The number of benzene rings is 1. The maximum atomic E-state index is 11.9. The average molecular weight is 234 g/mol. The highest BCUT2D eigenvalue weighted by atomic mass is 32.2. The minimum absolute atomic E-state index is 0.336. The first-order chi connectivity index (χ1) is 7.86. The molecule has 2 heteroatoms. The summed E-state index contributed by atoms with van der Waals surface area (Å²) < 4.78 is 0. The summed E-state index contributed by atoms with van der Waals surface area (Å²) in [6.07, 6.45) is 6.01. The fourth-order valence-electron chi connectivity index (χ4n) is 2.18. The van der Waals surface area contributed by atoms with Gasteiger partial charge in [-0.05, 0) is 18.4 Å². The highest BCUT2D eigenvalue weighted by Gasteiger charge is 2.21. The van der Waals surface area contributed by atoms with E-state index in [1.54, 1.807) is 0 Å². The molecule has 1 aromatic carbocycles. The summed E-state index contributed by atoms with van der Waals surface area (Å²) in [5, 5.41) is 0.406. The van der Waals surface area contributed by atoms with Gasteiger partial charge in [-0.15, -0.1) is 0 Å². The van der Waals surface area contributed by atoms with Crippen LogP contribution >= 0.6 is 11.8 Å². The zero-order valence-corrected chi connectivity index (χ0v) is 10.3. The normalized spacial score (nSPS) is 17.2. The van der Waals surface area contributed by atoms with Crippen LogP contribution in [0.1, 0.15) is 37.7 Å². The monoisotopic (exact) mass is 234 g/mol. The van der Waals surface area contributed by atoms with Crippen LogP contribution in [0.3, 0.4) is 0 Å². The number of carbonyl (C=O) groups is 1. The Balaban J connectivity index is 1.79. The molecule has 0 radical (unpaired) electrons. The van der Waals surface area contributed by atoms with Crippen LogP contribution in [0.2, 0.25) is 0 Å². The topological polar surface area (TPSA) is 17.1 Å². The first kappa shape index (κ1) is 11.7. The van der Waals surface area contributed by atoms with Crippen molar-refractivity contribution < 1.29 is 4.79 Å². The minimum atomic E-state index is 0.336. The second-order valence-electron chi connectivity index (χ2n) is 4.43. The van der Waals surface area contributed by atoms with Gasteiger partial charge in [0.1, 0.15) is 0 Å². The third-order valence-corrected chi connectivity index (χ3v) is 4.26. The van der Waals surface area contributed by atoms with Crippen molar-refractivity contribution in [2.24, 2.45) is 5.92 Å². The van der Waals surface area contributed by atoms with Crippen molar-refractivity contribution in [3.8, 4) is 0 Å². The van der Waals surface area contributed by atoms with E-state index in [9.17, 15) is 4.79 Å². The van der Waals surface area contributed by atoms with Crippen LogP contribution in [0, 0.1) is 5.92 Å². The van der Waals surface area contributed by atoms with Gasteiger partial charge in [-0.2, -0.15) is 0 Å². The fraction of sp³-hybridized carbons (Fsp3) is 0.500. The zero-order chi connectivity index (χ0) is 11.2. The highest BCUT2D eigenvalue weighted by molar-refractivity contribution is 8.13. The number of carbonyl (C=O) groups excluding carboxylic acids is 1. The molecule has 86 valence electrons. The molecule has 0 aromatic heterocycles. The summed E-state index contributed by atoms with van der Waals surface area (Å²) >= 11 is 1.50. The van der Waals surface area contributed by atoms with Gasteiger partial charge in [0.05, 0.1) is 0 Å². The van der Waals surface area contributed by atoms with E-state index in [-0.39, 0.29) is 0 Å². The molecule has 0 atom stereocenters. The molecule has 0 aliphatic heterocycles. The molecule has 0 N–H and O–H groups in total. The molecule has 1 aliphatic carbocycles. The van der Waals surface area contributed by atoms with Crippen LogP contribution in [0.4, 0.5) is 0 Å². The molecule has 1 nitrogen and oxygen atoms in total. The molecule has 1 fully saturated rings. The lowest BCUT2D eigenvalue weighted by atomic mass is 9.90. The summed E-state index contributed by atoms with van der Waals surface area (Å²) in [4.78, 5) is 11.9. The summed E-state index contributed by atoms with van der Waals surface area (Å²) in [7, 11) is 0. The van der Waals surface area contributed by atoms with Crippen molar-refractivity contribution in [1.82, 2.24) is 0 Å². The Labute approximate surface area is 102 Å². The van der Waals surface area contributed by atoms with Gasteiger partial charge in [0.25, 0.3) is 0 Å². The Kier molecular flexibility index (Phi) is 4.46. The number of hydrogen-bond donors (Lipinski definition) is 0. The van der Waals surface area contributed by atoms with E-state index in [0.29, 0.717) is 11.0 Å². The Hall–Kier alpha value is -0.760. The van der Waals surface area contributed by atoms with E-state index in [2.05, 4.69) is 12.1 Å². The molecular weight excluding hydrogens is 216 g/mol. The van der Waals surface area contributed by atoms with Gasteiger partial charge in [0.2, 0.25) is 0 Å². The summed E-state index contributed by atoms with van der Waals surface area (Å²) in [5.74, 6) is 1.17. The van der Waals surface area contributed by atoms with Gasteiger partial charge in [0.15, 0.2) is 5.12 Å². The summed E-state index contributed by atoms with van der Waals surface area (Å²) in [5.41, 5.74) is 1.25. The van der Waals surface area contributed by atoms with Crippen LogP contribution in [0.25, 0.3) is 0 Å². The van der Waals surface area contributed by atoms with Gasteiger partial charge < -0.3 is 0 Å². The van der Waals surface area contributed by atoms with Crippen LogP contribution in [-0.4, -0.2) is 5.12 Å². The average Bonchev–Trinajstić information content (AvgIpc) is 2.38. The number of rotatable bonds is 3. The molecule has 1 saturated carbocycles. The van der Waals surface area contributed by atoms with Crippen molar-refractivity contribution in [2.45, 2.75) is 37.9 Å². The first-order valence-corrected chi connectivity index (χ1v) is 7.05. The molecular formula is C14H18OS. The molecule has 0 unspecified atom stereocenters. The van der Waals surface area contributed by atoms with Crippen LogP contribution in [0.15, 0.2) is 30.3 Å². The molecule has 0 amide bonds. The van der Waals surface area contributed by atoms with Crippen molar-refractivity contribution in [2.75, 3.05) is 0 Å². The summed E-state index contributed by atoms with van der Waals surface area (Å²) in [6, 6.07) is 10.2. The van der Waals surface area contributed by atoms with Gasteiger partial charge in [-0.1, -0.05) is 61.4 Å². The van der Waals surface area contributed by atoms with Crippen molar-refractivity contribution in [3.05, 3.63) is 35.9 Å². The first-order valence-electron chi connectivity index (χ1n) is 6.07. The lowest BCUT2D eigenvalue weighted by Gasteiger charge is -2.19. The molecule has 2 rings (SSSR count). The maximum Gasteiger partial charge on any atom is 0.192 e. The zero-order valence-electron chi connectivity index (χ0n) is 9.52. The van der Waals surface area contributed by atoms with Crippen molar-refractivity contribution >= 4 is 16.9 Å². The maximum absolute atomic E-state index is 11.9. The molecule has 1 aromatic rings. The Morgan fingerprint density at radius 1 is 1.12 bits per heavy atom. The third-order valence-electron chi connectivity index (χ3n) is 3.16. The lowest BCUT2D eigenvalue weighted by molar-refractivity contribution is -0.115. The van der Waals surface area contributed by atoms with E-state index < -0.39 is 0 Å². The smallest absolute Gasteiger partial charge is 0.192 e. The fourth-order valence-corrected chi connectivity index (χ4v) is 3.16. The second kappa shape index (κ2) is 6.09. The molecule has 1 aliphatic rings. The quantitative estimate of drug-likeness (QED) is 0.785. The molecule has 0 heterocycles. The SMILES string of the molecule is O=C(SCc1ccccc1)C1CCCCC1. The standard InChI is InChI=1S/C14H18OS/c15-14(13-9-5-2-6-10-13)16-11-12-7-3-1-4-8-12/h1,3-4,7-8,13H,2,5-6,9-11H2. The van der Waals surface area contributed by atoms with Crippen LogP contribution in [0.5, 0.6) is 0 Å². The summed E-state index contributed by atoms with van der Waals surface area (Å²) in [6.45, 7) is 0. The largest absolute Gasteiger partial charge is 0.287 e. The Bertz CT molecular complexity index is 328. The molecule has 0 bridgehead atoms. The predicted molar refractivity (Wildman–Crippen MR) is 69.3 cm³/mol. The van der Waals surface area contributed by atoms with E-state index in [1.165, 1.54) is 36.6 Å². The third kappa shape index (κ3) is 3.38. The number of thioether (sulfide) groups is 1. The Morgan fingerprint density at radius 3 is 2.50 bits per heavy atom. The van der Waals surface area contributed by atoms with E-state index in [1.807, 2.05) is 18.2 Å².